The van der Waals surface area contributed by atoms with Crippen molar-refractivity contribution in [3.8, 4) is 0 Å². The smallest absolute Gasteiger partial charge is 0.262 e. The Morgan fingerprint density at radius 2 is 2.44 bits per heavy atom. The SMILES string of the molecule is CN(Cc1cccnc1)C(=O)C1CC(F)(F)CN1. The summed E-state index contributed by atoms with van der Waals surface area (Å²) in [5.74, 6) is -3.09. The minimum atomic E-state index is -2.78. The van der Waals surface area contributed by atoms with Crippen LogP contribution in [0, 0.1) is 0 Å². The van der Waals surface area contributed by atoms with Gasteiger partial charge in [-0.25, -0.2) is 8.78 Å². The maximum atomic E-state index is 13.0. The van der Waals surface area contributed by atoms with E-state index in [1.54, 1.807) is 25.5 Å². The molecule has 98 valence electrons. The van der Waals surface area contributed by atoms with E-state index in [0.29, 0.717) is 6.54 Å². The number of nitrogens with zero attached hydrogens (tertiary/aromatic N) is 2. The average Bonchev–Trinajstić information content (AvgIpc) is 2.70. The zero-order valence-corrected chi connectivity index (χ0v) is 10.1. The van der Waals surface area contributed by atoms with Crippen LogP contribution in [0.15, 0.2) is 24.5 Å². The summed E-state index contributed by atoms with van der Waals surface area (Å²) in [4.78, 5) is 17.3. The number of aromatic nitrogens is 1. The third kappa shape index (κ3) is 3.01. The lowest BCUT2D eigenvalue weighted by Gasteiger charge is -2.20. The Hall–Kier alpha value is -1.56. The van der Waals surface area contributed by atoms with Crippen molar-refractivity contribution in [1.82, 2.24) is 15.2 Å². The average molecular weight is 255 g/mol. The zero-order chi connectivity index (χ0) is 13.2. The lowest BCUT2D eigenvalue weighted by molar-refractivity contribution is -0.132. The molecular formula is C12H15F2N3O. The first kappa shape index (κ1) is 12.9. The summed E-state index contributed by atoms with van der Waals surface area (Å²) in [6.45, 7) is -0.0550. The molecule has 1 aromatic heterocycles. The van der Waals surface area contributed by atoms with Crippen LogP contribution in [0.3, 0.4) is 0 Å². The number of halogens is 2. The number of carbonyl (C=O) groups is 1. The predicted molar refractivity (Wildman–Crippen MR) is 62.1 cm³/mol. The lowest BCUT2D eigenvalue weighted by atomic mass is 10.1. The molecule has 6 heteroatoms. The summed E-state index contributed by atoms with van der Waals surface area (Å²) in [6.07, 6.45) is 2.87. The number of nitrogens with one attached hydrogen (secondary N) is 1. The van der Waals surface area contributed by atoms with Gasteiger partial charge in [-0.05, 0) is 11.6 Å². The second kappa shape index (κ2) is 4.97. The fourth-order valence-corrected chi connectivity index (χ4v) is 2.00. The first-order valence-electron chi connectivity index (χ1n) is 5.73. The fourth-order valence-electron chi connectivity index (χ4n) is 2.00. The topological polar surface area (TPSA) is 45.2 Å². The van der Waals surface area contributed by atoms with E-state index in [0.717, 1.165) is 5.56 Å². The normalized spacial score (nSPS) is 21.8. The highest BCUT2D eigenvalue weighted by Gasteiger charge is 2.43. The Kier molecular flexibility index (Phi) is 3.56. The summed E-state index contributed by atoms with van der Waals surface area (Å²) in [5.41, 5.74) is 0.873. The molecule has 1 fully saturated rings. The standard InChI is InChI=1S/C12H15F2N3O/c1-17(7-9-3-2-4-15-6-9)11(18)10-5-12(13,14)8-16-10/h2-4,6,10,16H,5,7-8H2,1H3. The van der Waals surface area contributed by atoms with Crippen LogP contribution in [-0.2, 0) is 11.3 Å². The van der Waals surface area contributed by atoms with E-state index in [9.17, 15) is 13.6 Å². The Morgan fingerprint density at radius 1 is 1.67 bits per heavy atom. The summed E-state index contributed by atoms with van der Waals surface area (Å²) in [6, 6.07) is 2.82. The first-order chi connectivity index (χ1) is 8.48. The minimum Gasteiger partial charge on any atom is -0.340 e. The Labute approximate surface area is 104 Å². The van der Waals surface area contributed by atoms with Crippen molar-refractivity contribution >= 4 is 5.91 Å². The highest BCUT2D eigenvalue weighted by Crippen LogP contribution is 2.26. The predicted octanol–water partition coefficient (Wildman–Crippen LogP) is 1.04. The molecule has 1 unspecified atom stereocenters. The van der Waals surface area contributed by atoms with Gasteiger partial charge < -0.3 is 4.90 Å². The number of carbonyl (C=O) groups excluding carboxylic acids is 1. The van der Waals surface area contributed by atoms with Crippen LogP contribution in [0.25, 0.3) is 0 Å². The molecule has 18 heavy (non-hydrogen) atoms. The molecule has 0 radical (unpaired) electrons. The van der Waals surface area contributed by atoms with Gasteiger partial charge in [-0.3, -0.25) is 15.1 Å². The quantitative estimate of drug-likeness (QED) is 0.877. The molecule has 2 rings (SSSR count). The molecule has 1 N–H and O–H groups in total. The van der Waals surface area contributed by atoms with Crippen molar-refractivity contribution in [2.45, 2.75) is 24.9 Å². The molecule has 4 nitrogen and oxygen atoms in total. The molecule has 1 aliphatic rings. The molecule has 0 spiro atoms. The Morgan fingerprint density at radius 3 is 3.00 bits per heavy atom. The van der Waals surface area contributed by atoms with Gasteiger partial charge in [0.1, 0.15) is 0 Å². The van der Waals surface area contributed by atoms with Crippen molar-refractivity contribution < 1.29 is 13.6 Å². The lowest BCUT2D eigenvalue weighted by Crippen LogP contribution is -2.41. The third-order valence-corrected chi connectivity index (χ3v) is 2.93. The van der Waals surface area contributed by atoms with E-state index in [1.165, 1.54) is 4.90 Å². The second-order valence-electron chi connectivity index (χ2n) is 4.55. The third-order valence-electron chi connectivity index (χ3n) is 2.93. The van der Waals surface area contributed by atoms with E-state index in [1.807, 2.05) is 6.07 Å². The van der Waals surface area contributed by atoms with Crippen molar-refractivity contribution in [2.75, 3.05) is 13.6 Å². The molecule has 1 aromatic rings. The van der Waals surface area contributed by atoms with Crippen LogP contribution in [0.1, 0.15) is 12.0 Å². The Bertz CT molecular complexity index is 425. The molecule has 0 bridgehead atoms. The summed E-state index contributed by atoms with van der Waals surface area (Å²) < 4.78 is 26.0. The zero-order valence-electron chi connectivity index (χ0n) is 10.1. The van der Waals surface area contributed by atoms with Crippen LogP contribution >= 0.6 is 0 Å². The molecule has 1 amide bonds. The molecule has 1 aliphatic heterocycles. The monoisotopic (exact) mass is 255 g/mol. The number of amides is 1. The highest BCUT2D eigenvalue weighted by molar-refractivity contribution is 5.82. The van der Waals surface area contributed by atoms with Gasteiger partial charge in [0.15, 0.2) is 0 Å². The van der Waals surface area contributed by atoms with E-state index >= 15 is 0 Å². The van der Waals surface area contributed by atoms with Crippen LogP contribution in [-0.4, -0.2) is 41.3 Å². The Balaban J connectivity index is 1.94. The van der Waals surface area contributed by atoms with Crippen molar-refractivity contribution in [1.29, 1.82) is 0 Å². The van der Waals surface area contributed by atoms with Crippen LogP contribution in [0.4, 0.5) is 8.78 Å². The van der Waals surface area contributed by atoms with Gasteiger partial charge in [0, 0.05) is 32.4 Å². The van der Waals surface area contributed by atoms with Crippen LogP contribution in [0.2, 0.25) is 0 Å². The molecule has 1 saturated heterocycles. The van der Waals surface area contributed by atoms with Crippen molar-refractivity contribution in [2.24, 2.45) is 0 Å². The molecule has 0 saturated carbocycles. The van der Waals surface area contributed by atoms with Crippen LogP contribution in [0.5, 0.6) is 0 Å². The van der Waals surface area contributed by atoms with E-state index in [4.69, 9.17) is 0 Å². The number of alkyl halides is 2. The molecule has 0 aliphatic carbocycles. The number of hydrogen-bond acceptors (Lipinski definition) is 3. The molecular weight excluding hydrogens is 240 g/mol. The van der Waals surface area contributed by atoms with Gasteiger partial charge in [-0.15, -0.1) is 0 Å². The summed E-state index contributed by atoms with van der Waals surface area (Å²) >= 11 is 0. The van der Waals surface area contributed by atoms with E-state index in [-0.39, 0.29) is 5.91 Å². The summed E-state index contributed by atoms with van der Waals surface area (Å²) in [7, 11) is 1.60. The number of hydrogen-bond donors (Lipinski definition) is 1. The van der Waals surface area contributed by atoms with Gasteiger partial charge in [-0.2, -0.15) is 0 Å². The van der Waals surface area contributed by atoms with Crippen molar-refractivity contribution in [3.05, 3.63) is 30.1 Å². The van der Waals surface area contributed by atoms with Gasteiger partial charge >= 0.3 is 0 Å². The maximum absolute atomic E-state index is 13.0. The first-order valence-corrected chi connectivity index (χ1v) is 5.73. The number of likely N-dealkylation sites (N-methyl/N-ethyl adjacent to an activating group) is 1. The molecule has 1 atom stereocenters. The minimum absolute atomic E-state index is 0.309. The maximum Gasteiger partial charge on any atom is 0.262 e. The van der Waals surface area contributed by atoms with E-state index in [2.05, 4.69) is 10.3 Å². The summed E-state index contributed by atoms with van der Waals surface area (Å²) in [5, 5.41) is 2.56. The second-order valence-corrected chi connectivity index (χ2v) is 4.55. The highest BCUT2D eigenvalue weighted by atomic mass is 19.3. The number of rotatable bonds is 3. The molecule has 0 aromatic carbocycles. The fraction of sp³-hybridized carbons (Fsp3) is 0.500. The van der Waals surface area contributed by atoms with Gasteiger partial charge in [-0.1, -0.05) is 6.07 Å². The van der Waals surface area contributed by atoms with Gasteiger partial charge in [0.05, 0.1) is 12.6 Å². The van der Waals surface area contributed by atoms with Crippen molar-refractivity contribution in [3.63, 3.8) is 0 Å². The molecule has 2 heterocycles. The van der Waals surface area contributed by atoms with Crippen LogP contribution < -0.4 is 5.32 Å². The van der Waals surface area contributed by atoms with Gasteiger partial charge in [0.2, 0.25) is 5.91 Å². The largest absolute Gasteiger partial charge is 0.340 e. The van der Waals surface area contributed by atoms with E-state index < -0.39 is 24.9 Å². The van der Waals surface area contributed by atoms with Gasteiger partial charge in [0.25, 0.3) is 5.92 Å². The number of pyridine rings is 1.